The lowest BCUT2D eigenvalue weighted by molar-refractivity contribution is 0.354. The number of nitrogens with zero attached hydrogens (tertiary/aromatic N) is 2. The van der Waals surface area contributed by atoms with Gasteiger partial charge in [-0.1, -0.05) is 24.3 Å². The van der Waals surface area contributed by atoms with Crippen LogP contribution in [0, 0.1) is 11.3 Å². The molecule has 29 heavy (non-hydrogen) atoms. The fourth-order valence-corrected chi connectivity index (χ4v) is 3.63. The number of para-hydroxylation sites is 3. The highest BCUT2D eigenvalue weighted by atomic mass is 16.5. The number of benzene rings is 2. The average Bonchev–Trinajstić information content (AvgIpc) is 3.13. The summed E-state index contributed by atoms with van der Waals surface area (Å²) in [5, 5.41) is 9.87. The minimum Gasteiger partial charge on any atom is -0.493 e. The zero-order valence-corrected chi connectivity index (χ0v) is 16.3. The normalized spacial score (nSPS) is 11.6. The van der Waals surface area contributed by atoms with Gasteiger partial charge in [0, 0.05) is 17.2 Å². The Morgan fingerprint density at radius 3 is 2.66 bits per heavy atom. The third kappa shape index (κ3) is 2.93. The summed E-state index contributed by atoms with van der Waals surface area (Å²) in [5.41, 5.74) is 4.39. The van der Waals surface area contributed by atoms with Crippen LogP contribution in [-0.2, 0) is 0 Å². The van der Waals surface area contributed by atoms with Crippen molar-refractivity contribution in [2.75, 3.05) is 14.2 Å². The van der Waals surface area contributed by atoms with Crippen LogP contribution in [0.3, 0.4) is 0 Å². The van der Waals surface area contributed by atoms with Gasteiger partial charge in [0.15, 0.2) is 11.5 Å². The summed E-state index contributed by atoms with van der Waals surface area (Å²) in [6.45, 7) is 1.87. The van der Waals surface area contributed by atoms with Crippen LogP contribution >= 0.6 is 0 Å². The van der Waals surface area contributed by atoms with E-state index < -0.39 is 0 Å². The molecule has 0 aliphatic rings. The number of fused-ring (bicyclic) bond motifs is 3. The summed E-state index contributed by atoms with van der Waals surface area (Å²) in [4.78, 5) is 16.1. The lowest BCUT2D eigenvalue weighted by Crippen LogP contribution is -2.14. The lowest BCUT2D eigenvalue weighted by Gasteiger charge is -2.11. The molecule has 4 rings (SSSR count). The van der Waals surface area contributed by atoms with Gasteiger partial charge in [-0.2, -0.15) is 5.26 Å². The molecule has 0 aliphatic heterocycles. The number of H-pyrrole nitrogens is 1. The van der Waals surface area contributed by atoms with Crippen LogP contribution in [0.15, 0.2) is 53.3 Å². The van der Waals surface area contributed by atoms with Crippen molar-refractivity contribution in [3.05, 3.63) is 75.6 Å². The fourth-order valence-electron chi connectivity index (χ4n) is 3.63. The largest absolute Gasteiger partial charge is 0.493 e. The quantitative estimate of drug-likeness (QED) is 0.570. The van der Waals surface area contributed by atoms with Crippen LogP contribution in [0.4, 0.5) is 0 Å². The second kappa shape index (κ2) is 7.21. The molecule has 0 amide bonds. The number of nitriles is 1. The Labute approximate surface area is 167 Å². The van der Waals surface area contributed by atoms with E-state index in [1.54, 1.807) is 14.2 Å². The van der Waals surface area contributed by atoms with E-state index >= 15 is 0 Å². The maximum atomic E-state index is 12.9. The molecule has 4 aromatic rings. The average molecular weight is 385 g/mol. The van der Waals surface area contributed by atoms with Crippen molar-refractivity contribution in [2.45, 2.75) is 6.92 Å². The standard InChI is InChI=1S/C23H19N3O3/c1-14(11-15-7-6-10-20(28-2)22(15)29-3)16-12-21(27)26-19-9-5-4-8-18(19)25-23(26)17(16)13-24/h4-12,25H,1-3H3/b14-11-. The smallest absolute Gasteiger partial charge is 0.257 e. The van der Waals surface area contributed by atoms with E-state index in [0.717, 1.165) is 22.2 Å². The number of methoxy groups -OCH3 is 2. The first-order valence-electron chi connectivity index (χ1n) is 9.05. The molecule has 2 aromatic heterocycles. The Hall–Kier alpha value is -3.98. The number of aromatic nitrogens is 2. The Bertz CT molecular complexity index is 1370. The molecule has 0 bridgehead atoms. The van der Waals surface area contributed by atoms with Crippen molar-refractivity contribution >= 4 is 28.3 Å². The highest BCUT2D eigenvalue weighted by Gasteiger charge is 2.16. The topological polar surface area (TPSA) is 79.5 Å². The number of rotatable bonds is 4. The number of ether oxygens (including phenoxy) is 2. The molecule has 0 atom stereocenters. The van der Waals surface area contributed by atoms with Gasteiger partial charge in [0.25, 0.3) is 5.56 Å². The second-order valence-corrected chi connectivity index (χ2v) is 6.62. The van der Waals surface area contributed by atoms with Gasteiger partial charge in [0.05, 0.1) is 25.3 Å². The number of imidazole rings is 1. The molecule has 0 unspecified atom stereocenters. The molecule has 0 fully saturated rings. The highest BCUT2D eigenvalue weighted by Crippen LogP contribution is 2.34. The van der Waals surface area contributed by atoms with Gasteiger partial charge in [-0.3, -0.25) is 9.20 Å². The maximum Gasteiger partial charge on any atom is 0.257 e. The van der Waals surface area contributed by atoms with E-state index in [9.17, 15) is 10.1 Å². The Morgan fingerprint density at radius 1 is 1.14 bits per heavy atom. The Balaban J connectivity index is 1.97. The number of allylic oxidation sites excluding steroid dienone is 1. The van der Waals surface area contributed by atoms with Crippen molar-refractivity contribution in [1.29, 1.82) is 5.26 Å². The fraction of sp³-hybridized carbons (Fsp3) is 0.130. The summed E-state index contributed by atoms with van der Waals surface area (Å²) in [6.07, 6.45) is 1.89. The molecule has 1 N–H and O–H groups in total. The monoisotopic (exact) mass is 385 g/mol. The SMILES string of the molecule is COc1cccc(/C=C(/C)c2cc(=O)n3c([nH]c4ccccc43)c2C#N)c1OC. The van der Waals surface area contributed by atoms with Gasteiger partial charge in [0.1, 0.15) is 17.3 Å². The van der Waals surface area contributed by atoms with Crippen LogP contribution < -0.4 is 15.0 Å². The van der Waals surface area contributed by atoms with E-state index in [2.05, 4.69) is 11.1 Å². The molecular formula is C23H19N3O3. The molecule has 0 saturated heterocycles. The van der Waals surface area contributed by atoms with Crippen LogP contribution in [0.25, 0.3) is 28.3 Å². The summed E-state index contributed by atoms with van der Waals surface area (Å²) in [6, 6.07) is 16.8. The predicted molar refractivity (Wildman–Crippen MR) is 113 cm³/mol. The molecular weight excluding hydrogens is 366 g/mol. The van der Waals surface area contributed by atoms with Crippen molar-refractivity contribution in [2.24, 2.45) is 0 Å². The second-order valence-electron chi connectivity index (χ2n) is 6.62. The number of pyridine rings is 1. The molecule has 0 aliphatic carbocycles. The van der Waals surface area contributed by atoms with Gasteiger partial charge in [-0.25, -0.2) is 0 Å². The van der Waals surface area contributed by atoms with Gasteiger partial charge < -0.3 is 14.5 Å². The number of nitrogens with one attached hydrogen (secondary N) is 1. The zero-order chi connectivity index (χ0) is 20.5. The van der Waals surface area contributed by atoms with E-state index in [4.69, 9.17) is 9.47 Å². The van der Waals surface area contributed by atoms with Crippen LogP contribution in [0.1, 0.15) is 23.6 Å². The van der Waals surface area contributed by atoms with E-state index in [1.807, 2.05) is 55.5 Å². The summed E-state index contributed by atoms with van der Waals surface area (Å²) in [5.74, 6) is 1.21. The molecule has 0 spiro atoms. The van der Waals surface area contributed by atoms with Crippen molar-refractivity contribution in [1.82, 2.24) is 9.38 Å². The molecule has 2 aromatic carbocycles. The molecule has 0 saturated carbocycles. The minimum absolute atomic E-state index is 0.197. The van der Waals surface area contributed by atoms with Crippen LogP contribution in [0.5, 0.6) is 11.5 Å². The summed E-state index contributed by atoms with van der Waals surface area (Å²) in [7, 11) is 3.16. The maximum absolute atomic E-state index is 12.9. The van der Waals surface area contributed by atoms with Crippen molar-refractivity contribution in [3.8, 4) is 17.6 Å². The predicted octanol–water partition coefficient (Wildman–Crippen LogP) is 4.23. The van der Waals surface area contributed by atoms with Gasteiger partial charge in [0.2, 0.25) is 0 Å². The molecule has 144 valence electrons. The molecule has 6 heteroatoms. The van der Waals surface area contributed by atoms with Crippen LogP contribution in [-0.4, -0.2) is 23.6 Å². The van der Waals surface area contributed by atoms with Crippen molar-refractivity contribution < 1.29 is 9.47 Å². The zero-order valence-electron chi connectivity index (χ0n) is 16.3. The minimum atomic E-state index is -0.197. The molecule has 6 nitrogen and oxygen atoms in total. The number of hydrogen-bond donors (Lipinski definition) is 1. The Kier molecular flexibility index (Phi) is 4.57. The lowest BCUT2D eigenvalue weighted by atomic mass is 10.00. The van der Waals surface area contributed by atoms with Gasteiger partial charge in [-0.15, -0.1) is 0 Å². The van der Waals surface area contributed by atoms with E-state index in [0.29, 0.717) is 28.3 Å². The first-order valence-corrected chi connectivity index (χ1v) is 9.05. The first kappa shape index (κ1) is 18.4. The van der Waals surface area contributed by atoms with Crippen LogP contribution in [0.2, 0.25) is 0 Å². The van der Waals surface area contributed by atoms with Gasteiger partial charge in [-0.05, 0) is 36.8 Å². The number of aromatic amines is 1. The summed E-state index contributed by atoms with van der Waals surface area (Å²) >= 11 is 0. The van der Waals surface area contributed by atoms with E-state index in [1.165, 1.54) is 10.5 Å². The van der Waals surface area contributed by atoms with E-state index in [-0.39, 0.29) is 5.56 Å². The molecule has 2 heterocycles. The van der Waals surface area contributed by atoms with Crippen molar-refractivity contribution in [3.63, 3.8) is 0 Å². The number of hydrogen-bond acceptors (Lipinski definition) is 4. The Morgan fingerprint density at radius 2 is 1.93 bits per heavy atom. The van der Waals surface area contributed by atoms with Gasteiger partial charge >= 0.3 is 0 Å². The molecule has 0 radical (unpaired) electrons. The summed E-state index contributed by atoms with van der Waals surface area (Å²) < 4.78 is 12.4. The highest BCUT2D eigenvalue weighted by molar-refractivity contribution is 5.89. The first-order chi connectivity index (χ1) is 14.1. The third-order valence-electron chi connectivity index (χ3n) is 4.96. The third-order valence-corrected chi connectivity index (χ3v) is 4.96.